The van der Waals surface area contributed by atoms with Gasteiger partial charge in [-0.3, -0.25) is 9.59 Å². The van der Waals surface area contributed by atoms with Crippen LogP contribution in [0.15, 0.2) is 84.6 Å². The van der Waals surface area contributed by atoms with E-state index in [0.717, 1.165) is 50.8 Å². The minimum Gasteiger partial charge on any atom is -0.489 e. The van der Waals surface area contributed by atoms with Crippen molar-refractivity contribution in [1.82, 2.24) is 14.8 Å². The molecule has 0 bridgehead atoms. The molecule has 5 rings (SSSR count). The molecule has 2 N–H and O–H groups in total. The number of para-hydroxylation sites is 1. The lowest BCUT2D eigenvalue weighted by Gasteiger charge is -2.13. The standard InChI is InChI=1S/C33H31ClN4O4/c1-4-24-7-5-6-8-29(24)35-31(39)19-37-32(40)30(36-33(37)41)18-25-17-21(2)38(22(25)3)27-13-15-28(16-14-27)42-20-23-9-11-26(34)12-10-23/h5-18H,4,19-20H2,1-3H3,(H,35,39)(H,36,41)/b30-18+. The number of carbonyl (C=O) groups is 3. The van der Waals surface area contributed by atoms with Crippen molar-refractivity contribution in [2.24, 2.45) is 0 Å². The van der Waals surface area contributed by atoms with Gasteiger partial charge >= 0.3 is 6.03 Å². The molecular formula is C33H31ClN4O4. The van der Waals surface area contributed by atoms with Crippen LogP contribution in [0.4, 0.5) is 10.5 Å². The number of urea groups is 1. The Morgan fingerprint density at radius 3 is 2.43 bits per heavy atom. The highest BCUT2D eigenvalue weighted by Crippen LogP contribution is 2.26. The van der Waals surface area contributed by atoms with Crippen molar-refractivity contribution in [2.75, 3.05) is 11.9 Å². The lowest BCUT2D eigenvalue weighted by atomic mass is 10.1. The van der Waals surface area contributed by atoms with Crippen molar-refractivity contribution in [3.63, 3.8) is 0 Å². The van der Waals surface area contributed by atoms with Crippen LogP contribution in [-0.2, 0) is 22.6 Å². The number of aryl methyl sites for hydroxylation is 2. The highest BCUT2D eigenvalue weighted by Gasteiger charge is 2.35. The first kappa shape index (κ1) is 28.7. The Hall–Kier alpha value is -4.82. The number of imide groups is 1. The minimum atomic E-state index is -0.631. The molecule has 8 nitrogen and oxygen atoms in total. The maximum absolute atomic E-state index is 13.1. The van der Waals surface area contributed by atoms with E-state index in [1.54, 1.807) is 12.1 Å². The Morgan fingerprint density at radius 1 is 1.00 bits per heavy atom. The van der Waals surface area contributed by atoms with Gasteiger partial charge in [-0.2, -0.15) is 0 Å². The second kappa shape index (κ2) is 12.4. The van der Waals surface area contributed by atoms with Gasteiger partial charge in [-0.05, 0) is 91.6 Å². The van der Waals surface area contributed by atoms with Gasteiger partial charge in [-0.25, -0.2) is 9.69 Å². The van der Waals surface area contributed by atoms with E-state index in [4.69, 9.17) is 16.3 Å². The summed E-state index contributed by atoms with van der Waals surface area (Å²) >= 11 is 5.95. The summed E-state index contributed by atoms with van der Waals surface area (Å²) in [4.78, 5) is 39.3. The van der Waals surface area contributed by atoms with Gasteiger partial charge in [0.1, 0.15) is 24.6 Å². The van der Waals surface area contributed by atoms with Gasteiger partial charge in [0.25, 0.3) is 5.91 Å². The zero-order valence-corrected chi connectivity index (χ0v) is 24.4. The van der Waals surface area contributed by atoms with E-state index < -0.39 is 17.8 Å². The van der Waals surface area contributed by atoms with Crippen LogP contribution in [0.5, 0.6) is 5.75 Å². The van der Waals surface area contributed by atoms with E-state index >= 15 is 0 Å². The molecule has 0 atom stereocenters. The molecule has 1 aliphatic rings. The van der Waals surface area contributed by atoms with E-state index in [1.165, 1.54) is 0 Å². The Labute approximate surface area is 249 Å². The molecule has 9 heteroatoms. The van der Waals surface area contributed by atoms with Crippen LogP contribution in [0.1, 0.15) is 35.0 Å². The third kappa shape index (κ3) is 6.24. The van der Waals surface area contributed by atoms with Gasteiger partial charge in [0.2, 0.25) is 5.91 Å². The minimum absolute atomic E-state index is 0.118. The summed E-state index contributed by atoms with van der Waals surface area (Å²) in [6.45, 7) is 5.96. The van der Waals surface area contributed by atoms with E-state index in [9.17, 15) is 14.4 Å². The molecule has 4 aromatic rings. The van der Waals surface area contributed by atoms with Crippen LogP contribution in [0.25, 0.3) is 11.8 Å². The van der Waals surface area contributed by atoms with Crippen molar-refractivity contribution in [3.05, 3.63) is 118 Å². The normalized spacial score (nSPS) is 13.9. The van der Waals surface area contributed by atoms with Crippen molar-refractivity contribution in [1.29, 1.82) is 0 Å². The summed E-state index contributed by atoms with van der Waals surface area (Å²) in [5, 5.41) is 6.10. The number of benzene rings is 3. The Balaban J connectivity index is 1.27. The summed E-state index contributed by atoms with van der Waals surface area (Å²) in [6, 6.07) is 24.0. The summed E-state index contributed by atoms with van der Waals surface area (Å²) in [6.07, 6.45) is 2.39. The Bertz CT molecular complexity index is 1670. The van der Waals surface area contributed by atoms with Crippen molar-refractivity contribution < 1.29 is 19.1 Å². The lowest BCUT2D eigenvalue weighted by molar-refractivity contribution is -0.127. The number of nitrogens with one attached hydrogen (secondary N) is 2. The van der Waals surface area contributed by atoms with Crippen LogP contribution in [0.3, 0.4) is 0 Å². The molecule has 0 radical (unpaired) electrons. The molecule has 42 heavy (non-hydrogen) atoms. The lowest BCUT2D eigenvalue weighted by Crippen LogP contribution is -2.38. The number of nitrogens with zero attached hydrogens (tertiary/aromatic N) is 2. The monoisotopic (exact) mass is 582 g/mol. The average molecular weight is 583 g/mol. The largest absolute Gasteiger partial charge is 0.489 e. The smallest absolute Gasteiger partial charge is 0.329 e. The second-order valence-electron chi connectivity index (χ2n) is 10.0. The molecule has 1 aliphatic heterocycles. The predicted octanol–water partition coefficient (Wildman–Crippen LogP) is 6.42. The summed E-state index contributed by atoms with van der Waals surface area (Å²) in [5.41, 5.74) is 6.34. The fourth-order valence-electron chi connectivity index (χ4n) is 4.92. The Kier molecular flexibility index (Phi) is 8.45. The fourth-order valence-corrected chi connectivity index (χ4v) is 5.05. The molecule has 3 aromatic carbocycles. The first-order chi connectivity index (χ1) is 20.2. The summed E-state index contributed by atoms with van der Waals surface area (Å²) in [5.74, 6) is -0.259. The van der Waals surface area contributed by atoms with Gasteiger partial charge in [0.15, 0.2) is 0 Å². The molecule has 2 heterocycles. The number of carbonyl (C=O) groups excluding carboxylic acids is 3. The van der Waals surface area contributed by atoms with Crippen LogP contribution in [0, 0.1) is 13.8 Å². The third-order valence-corrected chi connectivity index (χ3v) is 7.37. The predicted molar refractivity (Wildman–Crippen MR) is 164 cm³/mol. The first-order valence-electron chi connectivity index (χ1n) is 13.6. The molecule has 4 amide bonds. The van der Waals surface area contributed by atoms with Crippen molar-refractivity contribution >= 4 is 41.2 Å². The highest BCUT2D eigenvalue weighted by atomic mass is 35.5. The van der Waals surface area contributed by atoms with Crippen LogP contribution in [0.2, 0.25) is 5.02 Å². The topological polar surface area (TPSA) is 92.7 Å². The van der Waals surface area contributed by atoms with Crippen molar-refractivity contribution in [3.8, 4) is 11.4 Å². The second-order valence-corrected chi connectivity index (χ2v) is 10.4. The quantitative estimate of drug-likeness (QED) is 0.176. The maximum atomic E-state index is 13.1. The van der Waals surface area contributed by atoms with Crippen LogP contribution < -0.4 is 15.4 Å². The van der Waals surface area contributed by atoms with E-state index in [-0.39, 0.29) is 12.2 Å². The maximum Gasteiger partial charge on any atom is 0.329 e. The number of hydrogen-bond acceptors (Lipinski definition) is 4. The van der Waals surface area contributed by atoms with Gasteiger partial charge < -0.3 is 19.9 Å². The van der Waals surface area contributed by atoms with E-state index in [1.807, 2.05) is 93.6 Å². The van der Waals surface area contributed by atoms with Gasteiger partial charge in [0, 0.05) is 27.8 Å². The molecule has 0 aliphatic carbocycles. The number of anilines is 1. The number of aromatic nitrogens is 1. The van der Waals surface area contributed by atoms with E-state index in [2.05, 4.69) is 15.2 Å². The summed E-state index contributed by atoms with van der Waals surface area (Å²) in [7, 11) is 0. The molecule has 214 valence electrons. The number of ether oxygens (including phenoxy) is 1. The average Bonchev–Trinajstić information content (AvgIpc) is 3.41. The number of rotatable bonds is 9. The fraction of sp³-hybridized carbons (Fsp3) is 0.182. The van der Waals surface area contributed by atoms with Gasteiger partial charge in [-0.15, -0.1) is 0 Å². The number of hydrogen-bond donors (Lipinski definition) is 2. The molecule has 1 aromatic heterocycles. The first-order valence-corrected chi connectivity index (χ1v) is 14.0. The number of amides is 4. The van der Waals surface area contributed by atoms with Crippen molar-refractivity contribution in [2.45, 2.75) is 33.8 Å². The third-order valence-electron chi connectivity index (χ3n) is 7.12. The van der Waals surface area contributed by atoms with Crippen LogP contribution >= 0.6 is 11.6 Å². The Morgan fingerprint density at radius 2 is 1.71 bits per heavy atom. The zero-order valence-electron chi connectivity index (χ0n) is 23.6. The SMILES string of the molecule is CCc1ccccc1NC(=O)CN1C(=O)N/C(=C/c2cc(C)n(-c3ccc(OCc4ccc(Cl)cc4)cc3)c2C)C1=O. The highest BCUT2D eigenvalue weighted by molar-refractivity contribution is 6.30. The van der Waals surface area contributed by atoms with E-state index in [0.29, 0.717) is 17.3 Å². The summed E-state index contributed by atoms with van der Waals surface area (Å²) < 4.78 is 7.97. The molecule has 1 fully saturated rings. The molecule has 1 saturated heterocycles. The molecule has 0 saturated carbocycles. The van der Waals surface area contributed by atoms with Gasteiger partial charge in [0.05, 0.1) is 0 Å². The molecule has 0 spiro atoms. The molecular weight excluding hydrogens is 552 g/mol. The van der Waals surface area contributed by atoms with Gasteiger partial charge in [-0.1, -0.05) is 48.9 Å². The van der Waals surface area contributed by atoms with Crippen LogP contribution in [-0.4, -0.2) is 33.9 Å². The molecule has 0 unspecified atom stereocenters. The zero-order chi connectivity index (χ0) is 29.8. The number of halogens is 1.